The maximum absolute atomic E-state index is 12.8. The van der Waals surface area contributed by atoms with E-state index in [0.29, 0.717) is 12.8 Å². The molecule has 2 amide bonds. The lowest BCUT2D eigenvalue weighted by Crippen LogP contribution is -2.47. The van der Waals surface area contributed by atoms with Crippen LogP contribution in [0.4, 0.5) is 0 Å². The van der Waals surface area contributed by atoms with Crippen molar-refractivity contribution in [3.63, 3.8) is 0 Å². The fraction of sp³-hybridized carbons (Fsp3) is 0.667. The van der Waals surface area contributed by atoms with E-state index in [1.807, 2.05) is 0 Å². The molecule has 0 bridgehead atoms. The summed E-state index contributed by atoms with van der Waals surface area (Å²) in [7, 11) is 0. The maximum Gasteiger partial charge on any atom is 0.328 e. The number of carboxylic acids is 1. The van der Waals surface area contributed by atoms with Crippen LogP contribution < -0.4 is 10.6 Å². The summed E-state index contributed by atoms with van der Waals surface area (Å²) in [6.07, 6.45) is 52.1. The molecule has 9 heteroatoms. The Hall–Kier alpha value is -3.72. The number of amides is 2. The van der Waals surface area contributed by atoms with E-state index in [9.17, 15) is 19.2 Å². The Balaban J connectivity index is 4.46. The number of aliphatic carboxylic acids is 1. The maximum atomic E-state index is 12.8. The van der Waals surface area contributed by atoms with E-state index in [1.165, 1.54) is 32.1 Å². The largest absolute Gasteiger partial charge is 0.480 e. The molecule has 0 spiro atoms. The summed E-state index contributed by atoms with van der Waals surface area (Å²) in [6.45, 7) is 3.31. The molecular weight excluding hydrogens is 717 g/mol. The average Bonchev–Trinajstić information content (AvgIpc) is 3.20. The molecule has 0 aliphatic carbocycles. The summed E-state index contributed by atoms with van der Waals surface area (Å²) >= 11 is 0. The van der Waals surface area contributed by atoms with Crippen LogP contribution in [0.2, 0.25) is 0 Å². The normalized spacial score (nSPS) is 13.2. The van der Waals surface area contributed by atoms with Crippen molar-refractivity contribution in [1.29, 1.82) is 0 Å². The molecule has 2 atom stereocenters. The molecule has 0 rings (SSSR count). The number of carbonyl (C=O) groups excluding carboxylic acids is 3. The fourth-order valence-corrected chi connectivity index (χ4v) is 6.02. The van der Waals surface area contributed by atoms with Crippen LogP contribution in [-0.4, -0.2) is 59.3 Å². The van der Waals surface area contributed by atoms with E-state index in [2.05, 4.69) is 97.4 Å². The quantitative estimate of drug-likeness (QED) is 0.0276. The number of carboxylic acid groups (broad SMARTS) is 1. The standard InChI is InChI=1S/C48H80N2O7/c1-3-5-7-9-11-13-15-17-19-20-22-24-26-29-33-37-43(57-47(54)40-36-32-27-25-23-21-18-16-14-12-10-8-6-4-2)38-34-30-28-31-35-39-45(52)49-41-46(53)50-44(42-51)48(55)56/h5,7,10-13,16-19,22,24,43-44,51H,3-4,6,8-9,14-15,20-21,23,25-42H2,1-2H3,(H,49,52)(H,50,53)(H,55,56)/b7-5-,12-10-,13-11-,18-16-,19-17-,24-22-. The zero-order valence-corrected chi connectivity index (χ0v) is 35.8. The van der Waals surface area contributed by atoms with E-state index < -0.39 is 24.5 Å². The van der Waals surface area contributed by atoms with Crippen LogP contribution in [0.5, 0.6) is 0 Å². The van der Waals surface area contributed by atoms with Gasteiger partial charge in [-0.2, -0.15) is 0 Å². The molecule has 0 radical (unpaired) electrons. The van der Waals surface area contributed by atoms with Crippen LogP contribution in [0.25, 0.3) is 0 Å². The first-order chi connectivity index (χ1) is 27.8. The van der Waals surface area contributed by atoms with Crippen molar-refractivity contribution < 1.29 is 34.1 Å². The number of ether oxygens (including phenoxy) is 1. The van der Waals surface area contributed by atoms with Crippen molar-refractivity contribution >= 4 is 23.8 Å². The van der Waals surface area contributed by atoms with Crippen LogP contribution in [0.1, 0.15) is 181 Å². The minimum atomic E-state index is -1.39. The van der Waals surface area contributed by atoms with E-state index in [4.69, 9.17) is 14.9 Å². The molecule has 57 heavy (non-hydrogen) atoms. The van der Waals surface area contributed by atoms with Crippen molar-refractivity contribution in [2.75, 3.05) is 13.2 Å². The van der Waals surface area contributed by atoms with E-state index in [1.54, 1.807) is 0 Å². The molecule has 2 unspecified atom stereocenters. The molecule has 4 N–H and O–H groups in total. The third-order valence-electron chi connectivity index (χ3n) is 9.44. The van der Waals surface area contributed by atoms with Gasteiger partial charge >= 0.3 is 11.9 Å². The van der Waals surface area contributed by atoms with Gasteiger partial charge in [0, 0.05) is 12.8 Å². The fourth-order valence-electron chi connectivity index (χ4n) is 6.02. The molecule has 0 aromatic heterocycles. The van der Waals surface area contributed by atoms with Gasteiger partial charge in [0.05, 0.1) is 13.2 Å². The van der Waals surface area contributed by atoms with Crippen LogP contribution in [0.3, 0.4) is 0 Å². The Bertz CT molecular complexity index is 1190. The summed E-state index contributed by atoms with van der Waals surface area (Å²) < 4.78 is 6.01. The van der Waals surface area contributed by atoms with Crippen LogP contribution in [-0.2, 0) is 23.9 Å². The Morgan fingerprint density at radius 3 is 1.54 bits per heavy atom. The first-order valence-corrected chi connectivity index (χ1v) is 22.3. The SMILES string of the molecule is CC/C=C\C/C=C\C/C=C\C/C=C\CCCCC(CCCCCCCC(=O)NCC(=O)NC(CO)C(=O)O)OC(=O)CCCCCCC/C=C\C/C=C\CCCC. The summed E-state index contributed by atoms with van der Waals surface area (Å²) in [5, 5.41) is 22.6. The summed E-state index contributed by atoms with van der Waals surface area (Å²) in [6, 6.07) is -1.39. The smallest absolute Gasteiger partial charge is 0.328 e. The molecule has 0 aliphatic heterocycles. The predicted molar refractivity (Wildman–Crippen MR) is 236 cm³/mol. The van der Waals surface area contributed by atoms with Gasteiger partial charge in [-0.15, -0.1) is 0 Å². The van der Waals surface area contributed by atoms with Gasteiger partial charge in [0.15, 0.2) is 0 Å². The monoisotopic (exact) mass is 797 g/mol. The third-order valence-corrected chi connectivity index (χ3v) is 9.44. The zero-order valence-electron chi connectivity index (χ0n) is 35.8. The van der Waals surface area contributed by atoms with Crippen LogP contribution >= 0.6 is 0 Å². The van der Waals surface area contributed by atoms with Gasteiger partial charge in [0.25, 0.3) is 0 Å². The first-order valence-electron chi connectivity index (χ1n) is 22.3. The van der Waals surface area contributed by atoms with E-state index in [-0.39, 0.29) is 30.9 Å². The highest BCUT2D eigenvalue weighted by atomic mass is 16.5. The second kappa shape index (κ2) is 41.9. The van der Waals surface area contributed by atoms with E-state index in [0.717, 1.165) is 116 Å². The van der Waals surface area contributed by atoms with E-state index >= 15 is 0 Å². The Morgan fingerprint density at radius 1 is 0.544 bits per heavy atom. The lowest BCUT2D eigenvalue weighted by atomic mass is 10.0. The number of carbonyl (C=O) groups is 4. The minimum Gasteiger partial charge on any atom is -0.480 e. The second-order valence-electron chi connectivity index (χ2n) is 14.7. The highest BCUT2D eigenvalue weighted by Gasteiger charge is 2.19. The Morgan fingerprint density at radius 2 is 1.00 bits per heavy atom. The van der Waals surface area contributed by atoms with Crippen LogP contribution in [0.15, 0.2) is 72.9 Å². The Kier molecular flexibility index (Phi) is 39.2. The second-order valence-corrected chi connectivity index (χ2v) is 14.7. The number of allylic oxidation sites excluding steroid dienone is 12. The van der Waals surface area contributed by atoms with Gasteiger partial charge in [0.2, 0.25) is 11.8 Å². The molecule has 0 aromatic carbocycles. The number of hydrogen-bond donors (Lipinski definition) is 4. The van der Waals surface area contributed by atoms with Gasteiger partial charge in [0.1, 0.15) is 12.1 Å². The van der Waals surface area contributed by atoms with Gasteiger partial charge in [-0.05, 0) is 103 Å². The predicted octanol–water partition coefficient (Wildman–Crippen LogP) is 11.1. The first kappa shape index (κ1) is 53.3. The summed E-state index contributed by atoms with van der Waals surface area (Å²) in [5.74, 6) is -2.35. The molecule has 0 saturated heterocycles. The molecule has 0 aromatic rings. The number of aliphatic hydroxyl groups excluding tert-OH is 1. The summed E-state index contributed by atoms with van der Waals surface area (Å²) in [4.78, 5) is 47.6. The molecule has 0 fully saturated rings. The number of nitrogens with one attached hydrogen (secondary N) is 2. The topological polar surface area (TPSA) is 142 Å². The molecule has 324 valence electrons. The molecule has 0 saturated carbocycles. The van der Waals surface area contributed by atoms with Crippen LogP contribution in [0, 0.1) is 0 Å². The minimum absolute atomic E-state index is 0.0633. The zero-order chi connectivity index (χ0) is 41.9. The molecule has 0 aliphatic rings. The van der Waals surface area contributed by atoms with Gasteiger partial charge in [-0.25, -0.2) is 4.79 Å². The molecule has 0 heterocycles. The number of unbranched alkanes of at least 4 members (excludes halogenated alkanes) is 13. The van der Waals surface area contributed by atoms with Crippen molar-refractivity contribution in [2.24, 2.45) is 0 Å². The highest BCUT2D eigenvalue weighted by molar-refractivity contribution is 5.87. The third kappa shape index (κ3) is 38.9. The highest BCUT2D eigenvalue weighted by Crippen LogP contribution is 2.18. The number of hydrogen-bond acceptors (Lipinski definition) is 6. The molecule has 9 nitrogen and oxygen atoms in total. The number of aliphatic hydroxyl groups is 1. The number of esters is 1. The van der Waals surface area contributed by atoms with Gasteiger partial charge in [-0.3, -0.25) is 14.4 Å². The lowest BCUT2D eigenvalue weighted by molar-refractivity contribution is -0.150. The van der Waals surface area contributed by atoms with Gasteiger partial charge in [-0.1, -0.05) is 138 Å². The Labute approximate surface area is 346 Å². The molecular formula is C48H80N2O7. The van der Waals surface area contributed by atoms with Crippen molar-refractivity contribution in [3.8, 4) is 0 Å². The summed E-state index contributed by atoms with van der Waals surface area (Å²) in [5.41, 5.74) is 0. The van der Waals surface area contributed by atoms with Crippen molar-refractivity contribution in [2.45, 2.75) is 193 Å². The number of rotatable bonds is 39. The average molecular weight is 797 g/mol. The van der Waals surface area contributed by atoms with Crippen molar-refractivity contribution in [1.82, 2.24) is 10.6 Å². The lowest BCUT2D eigenvalue weighted by Gasteiger charge is -2.18. The van der Waals surface area contributed by atoms with Gasteiger partial charge < -0.3 is 25.6 Å². The van der Waals surface area contributed by atoms with Crippen molar-refractivity contribution in [3.05, 3.63) is 72.9 Å².